The highest BCUT2D eigenvalue weighted by Crippen LogP contribution is 2.34. The molecule has 0 saturated carbocycles. The van der Waals surface area contributed by atoms with Gasteiger partial charge in [0.05, 0.1) is 19.4 Å². The lowest BCUT2D eigenvalue weighted by molar-refractivity contribution is 0.281. The Morgan fingerprint density at radius 3 is 2.88 bits per heavy atom. The van der Waals surface area contributed by atoms with Crippen molar-refractivity contribution < 1.29 is 9.47 Å². The van der Waals surface area contributed by atoms with Crippen LogP contribution in [0.25, 0.3) is 5.65 Å². The predicted molar refractivity (Wildman–Crippen MR) is 96.6 cm³/mol. The van der Waals surface area contributed by atoms with Gasteiger partial charge in [-0.15, -0.1) is 0 Å². The highest BCUT2D eigenvalue weighted by molar-refractivity contribution is 5.54. The number of anilines is 1. The summed E-state index contributed by atoms with van der Waals surface area (Å²) in [5, 5.41) is 4.63. The topological polar surface area (TPSA) is 51.9 Å². The number of fused-ring (bicyclic) bond motifs is 2. The second-order valence-electron chi connectivity index (χ2n) is 6.38. The molecule has 130 valence electrons. The maximum Gasteiger partial charge on any atom is 0.166 e. The second-order valence-corrected chi connectivity index (χ2v) is 6.38. The van der Waals surface area contributed by atoms with Gasteiger partial charge in [0.15, 0.2) is 17.1 Å². The number of hydrogen-bond acceptors (Lipinski definition) is 5. The zero-order chi connectivity index (χ0) is 17.4. The number of hydrogen-bond donors (Lipinski definition) is 0. The molecule has 0 atom stereocenters. The van der Waals surface area contributed by atoms with Gasteiger partial charge >= 0.3 is 0 Å². The molecular weight excluding hydrogens is 316 g/mol. The van der Waals surface area contributed by atoms with Crippen molar-refractivity contribution in [1.82, 2.24) is 14.6 Å². The first-order valence-electron chi connectivity index (χ1n) is 8.53. The summed E-state index contributed by atoms with van der Waals surface area (Å²) in [6.45, 7) is 6.32. The summed E-state index contributed by atoms with van der Waals surface area (Å²) in [6.07, 6.45) is 0.931. The smallest absolute Gasteiger partial charge is 0.166 e. The van der Waals surface area contributed by atoms with Gasteiger partial charge < -0.3 is 14.4 Å². The van der Waals surface area contributed by atoms with Crippen molar-refractivity contribution in [1.29, 1.82) is 0 Å². The highest BCUT2D eigenvalue weighted by atomic mass is 16.5. The van der Waals surface area contributed by atoms with Crippen molar-refractivity contribution >= 4 is 11.5 Å². The number of ether oxygens (including phenoxy) is 2. The molecule has 6 heteroatoms. The molecule has 3 aromatic rings. The van der Waals surface area contributed by atoms with Crippen molar-refractivity contribution in [3.05, 3.63) is 47.3 Å². The van der Waals surface area contributed by atoms with Crippen molar-refractivity contribution in [2.75, 3.05) is 25.2 Å². The van der Waals surface area contributed by atoms with E-state index in [1.807, 2.05) is 36.6 Å². The van der Waals surface area contributed by atoms with E-state index in [-0.39, 0.29) is 0 Å². The minimum Gasteiger partial charge on any atom is -0.493 e. The van der Waals surface area contributed by atoms with Gasteiger partial charge in [0.1, 0.15) is 5.82 Å². The Hall–Kier alpha value is -2.76. The molecular formula is C19H22N4O2. The fourth-order valence-electron chi connectivity index (χ4n) is 3.34. The molecule has 0 bridgehead atoms. The van der Waals surface area contributed by atoms with Crippen LogP contribution >= 0.6 is 0 Å². The Balaban J connectivity index is 1.80. The molecule has 0 aliphatic carbocycles. The lowest BCUT2D eigenvalue weighted by Gasteiger charge is -2.29. The van der Waals surface area contributed by atoms with Crippen LogP contribution in [0.2, 0.25) is 0 Å². The Labute approximate surface area is 147 Å². The van der Waals surface area contributed by atoms with Crippen molar-refractivity contribution in [2.45, 2.75) is 26.8 Å². The van der Waals surface area contributed by atoms with E-state index < -0.39 is 0 Å². The summed E-state index contributed by atoms with van der Waals surface area (Å²) in [5.74, 6) is 2.69. The summed E-state index contributed by atoms with van der Waals surface area (Å²) in [7, 11) is 1.68. The molecule has 1 aromatic carbocycles. The van der Waals surface area contributed by atoms with Crippen LogP contribution in [0, 0.1) is 13.8 Å². The Bertz CT molecular complexity index is 919. The number of rotatable bonds is 2. The van der Waals surface area contributed by atoms with E-state index in [1.54, 1.807) is 7.11 Å². The van der Waals surface area contributed by atoms with E-state index in [0.717, 1.165) is 59.4 Å². The lowest BCUT2D eigenvalue weighted by atomic mass is 10.1. The second kappa shape index (κ2) is 6.27. The first kappa shape index (κ1) is 15.7. The third kappa shape index (κ3) is 2.88. The minimum atomic E-state index is 0.662. The van der Waals surface area contributed by atoms with E-state index in [0.29, 0.717) is 6.61 Å². The third-order valence-electron chi connectivity index (χ3n) is 4.44. The summed E-state index contributed by atoms with van der Waals surface area (Å²) in [5.41, 5.74) is 3.96. The van der Waals surface area contributed by atoms with Crippen molar-refractivity contribution in [3.63, 3.8) is 0 Å². The molecule has 0 N–H and O–H groups in total. The zero-order valence-corrected chi connectivity index (χ0v) is 14.8. The Kier molecular flexibility index (Phi) is 3.95. The summed E-state index contributed by atoms with van der Waals surface area (Å²) in [4.78, 5) is 6.94. The number of aromatic nitrogens is 3. The number of para-hydroxylation sites is 1. The normalized spacial score (nSPS) is 14.6. The van der Waals surface area contributed by atoms with Gasteiger partial charge in [0, 0.05) is 36.5 Å². The molecule has 3 heterocycles. The van der Waals surface area contributed by atoms with Crippen LogP contribution < -0.4 is 14.4 Å². The molecule has 6 nitrogen and oxygen atoms in total. The first-order chi connectivity index (χ1) is 12.2. The molecule has 4 rings (SSSR count). The van der Waals surface area contributed by atoms with Crippen LogP contribution in [0.4, 0.5) is 5.82 Å². The molecule has 0 saturated heterocycles. The molecule has 25 heavy (non-hydrogen) atoms. The molecule has 0 spiro atoms. The molecule has 0 fully saturated rings. The van der Waals surface area contributed by atoms with E-state index >= 15 is 0 Å². The van der Waals surface area contributed by atoms with Crippen LogP contribution in [0.5, 0.6) is 11.5 Å². The first-order valence-corrected chi connectivity index (χ1v) is 8.53. The quantitative estimate of drug-likeness (QED) is 0.718. The van der Waals surface area contributed by atoms with Gasteiger partial charge in [-0.2, -0.15) is 9.61 Å². The third-order valence-corrected chi connectivity index (χ3v) is 4.44. The van der Waals surface area contributed by atoms with Gasteiger partial charge in [-0.3, -0.25) is 0 Å². The summed E-state index contributed by atoms with van der Waals surface area (Å²) in [6, 6.07) is 10.2. The fraction of sp³-hybridized carbons (Fsp3) is 0.368. The highest BCUT2D eigenvalue weighted by Gasteiger charge is 2.20. The molecule has 2 aromatic heterocycles. The van der Waals surface area contributed by atoms with E-state index in [9.17, 15) is 0 Å². The minimum absolute atomic E-state index is 0.662. The van der Waals surface area contributed by atoms with Gasteiger partial charge in [-0.25, -0.2) is 4.98 Å². The monoisotopic (exact) mass is 338 g/mol. The van der Waals surface area contributed by atoms with Crippen molar-refractivity contribution in [2.24, 2.45) is 0 Å². The number of aryl methyl sites for hydroxylation is 2. The Morgan fingerprint density at radius 1 is 1.16 bits per heavy atom. The van der Waals surface area contributed by atoms with Crippen LogP contribution in [0.3, 0.4) is 0 Å². The Morgan fingerprint density at radius 2 is 2.04 bits per heavy atom. The summed E-state index contributed by atoms with van der Waals surface area (Å²) >= 11 is 0. The van der Waals surface area contributed by atoms with Gasteiger partial charge in [-0.1, -0.05) is 12.1 Å². The number of nitrogens with zero attached hydrogens (tertiary/aromatic N) is 4. The fourth-order valence-corrected chi connectivity index (χ4v) is 3.34. The molecule has 0 radical (unpaired) electrons. The van der Waals surface area contributed by atoms with Crippen LogP contribution in [-0.2, 0) is 6.54 Å². The average Bonchev–Trinajstić information content (AvgIpc) is 2.94. The zero-order valence-electron chi connectivity index (χ0n) is 14.8. The number of methoxy groups -OCH3 is 1. The molecule has 1 aliphatic heterocycles. The lowest BCUT2D eigenvalue weighted by Crippen LogP contribution is -2.29. The van der Waals surface area contributed by atoms with Gasteiger partial charge in [-0.05, 0) is 26.3 Å². The standard InChI is InChI=1S/C19H22N4O2/c1-13-11-18(23-17(20-13)10-14(2)21-23)22-8-5-9-25-19-15(12-22)6-4-7-16(19)24-3/h4,6-7,10-11H,5,8-9,12H2,1-3H3. The largest absolute Gasteiger partial charge is 0.493 e. The van der Waals surface area contributed by atoms with Gasteiger partial charge in [0.2, 0.25) is 0 Å². The van der Waals surface area contributed by atoms with E-state index in [1.165, 1.54) is 0 Å². The average molecular weight is 338 g/mol. The molecule has 0 amide bonds. The maximum absolute atomic E-state index is 5.96. The van der Waals surface area contributed by atoms with Crippen LogP contribution in [-0.4, -0.2) is 34.9 Å². The van der Waals surface area contributed by atoms with Crippen LogP contribution in [0.1, 0.15) is 23.4 Å². The maximum atomic E-state index is 5.96. The molecule has 0 unspecified atom stereocenters. The number of benzene rings is 1. The predicted octanol–water partition coefficient (Wildman–Crippen LogP) is 3.14. The van der Waals surface area contributed by atoms with Crippen LogP contribution in [0.15, 0.2) is 30.3 Å². The van der Waals surface area contributed by atoms with E-state index in [4.69, 9.17) is 9.47 Å². The SMILES string of the molecule is COc1cccc2c1OCCCN(c1cc(C)nc3cc(C)nn13)C2. The summed E-state index contributed by atoms with van der Waals surface area (Å²) < 4.78 is 13.4. The van der Waals surface area contributed by atoms with Crippen molar-refractivity contribution in [3.8, 4) is 11.5 Å². The molecule has 1 aliphatic rings. The van der Waals surface area contributed by atoms with E-state index in [2.05, 4.69) is 27.1 Å². The van der Waals surface area contributed by atoms with Gasteiger partial charge in [0.25, 0.3) is 0 Å².